The van der Waals surface area contributed by atoms with Gasteiger partial charge in [-0.25, -0.2) is 9.37 Å². The fourth-order valence-corrected chi connectivity index (χ4v) is 2.12. The quantitative estimate of drug-likeness (QED) is 0.859. The Morgan fingerprint density at radius 1 is 1.56 bits per heavy atom. The van der Waals surface area contributed by atoms with Gasteiger partial charge >= 0.3 is 0 Å². The lowest BCUT2D eigenvalue weighted by atomic mass is 10.1. The molecule has 0 radical (unpaired) electrons. The van der Waals surface area contributed by atoms with Crippen molar-refractivity contribution in [2.75, 3.05) is 7.11 Å². The highest BCUT2D eigenvalue weighted by Gasteiger charge is 2.15. The molecule has 1 heterocycles. The van der Waals surface area contributed by atoms with Crippen molar-refractivity contribution in [2.45, 2.75) is 6.54 Å². The fourth-order valence-electron chi connectivity index (χ4n) is 1.46. The highest BCUT2D eigenvalue weighted by Crippen LogP contribution is 2.20. The maximum absolute atomic E-state index is 13.5. The summed E-state index contributed by atoms with van der Waals surface area (Å²) < 4.78 is 18.3. The third-order valence-corrected chi connectivity index (χ3v) is 3.24. The number of nitrogens with zero attached hydrogens (tertiary/aromatic N) is 1. The van der Waals surface area contributed by atoms with Gasteiger partial charge in [0.25, 0.3) is 0 Å². The van der Waals surface area contributed by atoms with Crippen LogP contribution in [-0.4, -0.2) is 17.9 Å². The minimum Gasteiger partial charge on any atom is -0.494 e. The molecule has 18 heavy (non-hydrogen) atoms. The maximum atomic E-state index is 13.5. The van der Waals surface area contributed by atoms with Crippen molar-refractivity contribution in [3.05, 3.63) is 45.7 Å². The molecule has 0 saturated heterocycles. The van der Waals surface area contributed by atoms with Gasteiger partial charge in [-0.3, -0.25) is 4.79 Å². The van der Waals surface area contributed by atoms with Crippen molar-refractivity contribution in [3.63, 3.8) is 0 Å². The molecule has 0 spiro atoms. The van der Waals surface area contributed by atoms with E-state index in [0.29, 0.717) is 5.01 Å². The van der Waals surface area contributed by atoms with Crippen LogP contribution in [0.4, 0.5) is 4.39 Å². The summed E-state index contributed by atoms with van der Waals surface area (Å²) in [6.45, 7) is 0.287. The first-order valence-corrected chi connectivity index (χ1v) is 6.06. The monoisotopic (exact) mass is 266 g/mol. The Labute approximate surface area is 107 Å². The summed E-state index contributed by atoms with van der Waals surface area (Å²) in [5.74, 6) is -0.794. The fraction of sp³-hybridized carbons (Fsp3) is 0.167. The van der Waals surface area contributed by atoms with Gasteiger partial charge in [0, 0.05) is 17.5 Å². The van der Waals surface area contributed by atoms with Gasteiger partial charge in [0.1, 0.15) is 10.7 Å². The van der Waals surface area contributed by atoms with E-state index in [1.165, 1.54) is 30.6 Å². The molecular weight excluding hydrogens is 255 g/mol. The Balaban J connectivity index is 2.31. The molecule has 0 atom stereocenters. The molecule has 0 aliphatic carbocycles. The number of ether oxygens (including phenoxy) is 1. The summed E-state index contributed by atoms with van der Waals surface area (Å²) in [6, 6.07) is 4.06. The van der Waals surface area contributed by atoms with Crippen LogP contribution in [0, 0.1) is 5.82 Å². The van der Waals surface area contributed by atoms with E-state index in [1.807, 2.05) is 0 Å². The number of rotatable bonds is 4. The van der Waals surface area contributed by atoms with Gasteiger partial charge in [-0.1, -0.05) is 0 Å². The molecule has 0 unspecified atom stereocenters. The molecule has 94 valence electrons. The number of carbonyl (C=O) groups is 1. The van der Waals surface area contributed by atoms with Crippen LogP contribution in [-0.2, 0) is 6.54 Å². The number of nitrogens with two attached hydrogens (primary N) is 1. The number of halogens is 1. The number of carbonyl (C=O) groups excluding carboxylic acids is 1. The van der Waals surface area contributed by atoms with Crippen molar-refractivity contribution >= 4 is 17.1 Å². The van der Waals surface area contributed by atoms with Gasteiger partial charge < -0.3 is 10.5 Å². The van der Waals surface area contributed by atoms with Crippen molar-refractivity contribution in [3.8, 4) is 5.75 Å². The van der Waals surface area contributed by atoms with Gasteiger partial charge in [0.15, 0.2) is 11.6 Å². The minimum atomic E-state index is -0.572. The number of aromatic nitrogens is 1. The normalized spacial score (nSPS) is 10.4. The first-order valence-electron chi connectivity index (χ1n) is 5.18. The second-order valence-electron chi connectivity index (χ2n) is 3.51. The van der Waals surface area contributed by atoms with E-state index in [0.717, 1.165) is 6.07 Å². The second kappa shape index (κ2) is 5.24. The Hall–Kier alpha value is -1.79. The predicted octanol–water partition coefficient (Wildman–Crippen LogP) is 1.98. The largest absolute Gasteiger partial charge is 0.494 e. The van der Waals surface area contributed by atoms with Crippen LogP contribution in [0.1, 0.15) is 21.1 Å². The van der Waals surface area contributed by atoms with E-state index < -0.39 is 5.82 Å². The standard InChI is InChI=1S/C12H11FN2O2S/c1-17-10-3-2-7(4-8(10)13)12(16)9-6-18-11(5-14)15-9/h2-4,6H,5,14H2,1H3. The highest BCUT2D eigenvalue weighted by molar-refractivity contribution is 7.09. The SMILES string of the molecule is COc1ccc(C(=O)c2csc(CN)n2)cc1F. The van der Waals surface area contributed by atoms with Crippen LogP contribution in [0.15, 0.2) is 23.6 Å². The third kappa shape index (κ3) is 2.39. The summed E-state index contributed by atoms with van der Waals surface area (Å²) in [5.41, 5.74) is 5.94. The topological polar surface area (TPSA) is 65.2 Å². The van der Waals surface area contributed by atoms with Crippen LogP contribution >= 0.6 is 11.3 Å². The Kier molecular flexibility index (Phi) is 3.69. The molecule has 2 rings (SSSR count). The number of ketones is 1. The Morgan fingerprint density at radius 2 is 2.33 bits per heavy atom. The molecule has 4 nitrogen and oxygen atoms in total. The van der Waals surface area contributed by atoms with Crippen molar-refractivity contribution in [2.24, 2.45) is 5.73 Å². The van der Waals surface area contributed by atoms with E-state index >= 15 is 0 Å². The van der Waals surface area contributed by atoms with Crippen molar-refractivity contribution in [1.29, 1.82) is 0 Å². The average molecular weight is 266 g/mol. The van der Waals surface area contributed by atoms with Crippen LogP contribution in [0.2, 0.25) is 0 Å². The molecule has 2 N–H and O–H groups in total. The maximum Gasteiger partial charge on any atom is 0.212 e. The van der Waals surface area contributed by atoms with Gasteiger partial charge in [-0.05, 0) is 18.2 Å². The van der Waals surface area contributed by atoms with Crippen LogP contribution in [0.3, 0.4) is 0 Å². The Morgan fingerprint density at radius 3 is 2.89 bits per heavy atom. The number of thiazole rings is 1. The number of benzene rings is 1. The zero-order chi connectivity index (χ0) is 13.1. The molecular formula is C12H11FN2O2S. The minimum absolute atomic E-state index is 0.104. The highest BCUT2D eigenvalue weighted by atomic mass is 32.1. The molecule has 1 aromatic heterocycles. The lowest BCUT2D eigenvalue weighted by molar-refractivity contribution is 0.103. The Bertz CT molecular complexity index is 583. The number of hydrogen-bond acceptors (Lipinski definition) is 5. The zero-order valence-corrected chi connectivity index (χ0v) is 10.5. The van der Waals surface area contributed by atoms with Crippen LogP contribution < -0.4 is 10.5 Å². The lowest BCUT2D eigenvalue weighted by Gasteiger charge is -2.03. The molecule has 0 aliphatic rings. The summed E-state index contributed by atoms with van der Waals surface area (Å²) in [7, 11) is 1.37. The predicted molar refractivity (Wildman–Crippen MR) is 66.4 cm³/mol. The first kappa shape index (κ1) is 12.7. The molecule has 2 aromatic rings. The first-order chi connectivity index (χ1) is 8.65. The van der Waals surface area contributed by atoms with E-state index in [-0.39, 0.29) is 29.3 Å². The summed E-state index contributed by atoms with van der Waals surface area (Å²) in [5, 5.41) is 2.29. The van der Waals surface area contributed by atoms with Crippen LogP contribution in [0.5, 0.6) is 5.75 Å². The summed E-state index contributed by atoms with van der Waals surface area (Å²) in [4.78, 5) is 16.1. The van der Waals surface area contributed by atoms with Gasteiger partial charge in [-0.15, -0.1) is 11.3 Å². The zero-order valence-electron chi connectivity index (χ0n) is 9.64. The van der Waals surface area contributed by atoms with Gasteiger partial charge in [0.05, 0.1) is 7.11 Å². The van der Waals surface area contributed by atoms with Crippen LogP contribution in [0.25, 0.3) is 0 Å². The van der Waals surface area contributed by atoms with Crippen molar-refractivity contribution < 1.29 is 13.9 Å². The van der Waals surface area contributed by atoms with Gasteiger partial charge in [0.2, 0.25) is 5.78 Å². The van der Waals surface area contributed by atoms with E-state index in [4.69, 9.17) is 10.5 Å². The molecule has 0 aliphatic heterocycles. The molecule has 0 amide bonds. The van der Waals surface area contributed by atoms with E-state index in [9.17, 15) is 9.18 Å². The van der Waals surface area contributed by atoms with Gasteiger partial charge in [-0.2, -0.15) is 0 Å². The van der Waals surface area contributed by atoms with E-state index in [1.54, 1.807) is 5.38 Å². The molecule has 0 fully saturated rings. The van der Waals surface area contributed by atoms with E-state index in [2.05, 4.69) is 4.98 Å². The molecule has 6 heteroatoms. The molecule has 1 aromatic carbocycles. The van der Waals surface area contributed by atoms with Crippen molar-refractivity contribution in [1.82, 2.24) is 4.98 Å². The smallest absolute Gasteiger partial charge is 0.212 e. The number of hydrogen-bond donors (Lipinski definition) is 1. The number of methoxy groups -OCH3 is 1. The molecule has 0 saturated carbocycles. The molecule has 0 bridgehead atoms. The summed E-state index contributed by atoms with van der Waals surface area (Å²) >= 11 is 1.31. The summed E-state index contributed by atoms with van der Waals surface area (Å²) in [6.07, 6.45) is 0. The average Bonchev–Trinajstić information content (AvgIpc) is 2.86. The third-order valence-electron chi connectivity index (χ3n) is 2.37. The second-order valence-corrected chi connectivity index (χ2v) is 4.45. The lowest BCUT2D eigenvalue weighted by Crippen LogP contribution is -2.04.